The van der Waals surface area contributed by atoms with Crippen molar-refractivity contribution in [1.82, 2.24) is 4.98 Å². The molecule has 0 fully saturated rings. The van der Waals surface area contributed by atoms with E-state index in [1.165, 1.54) is 0 Å². The van der Waals surface area contributed by atoms with Crippen molar-refractivity contribution in [2.75, 3.05) is 24.2 Å². The molecule has 0 bridgehead atoms. The average molecular weight is 352 g/mol. The number of hydrogen-bond donors (Lipinski definition) is 3. The lowest BCUT2D eigenvalue weighted by molar-refractivity contribution is 0.255. The Morgan fingerprint density at radius 1 is 1.38 bits per heavy atom. The van der Waals surface area contributed by atoms with Crippen LogP contribution in [0, 0.1) is 5.92 Å². The van der Waals surface area contributed by atoms with Crippen LogP contribution in [0.3, 0.4) is 0 Å². The van der Waals surface area contributed by atoms with E-state index in [4.69, 9.17) is 10.8 Å². The van der Waals surface area contributed by atoms with Gasteiger partial charge in [-0.25, -0.2) is 0 Å². The normalized spacial score (nSPS) is 12.5. The van der Waals surface area contributed by atoms with Crippen LogP contribution in [-0.2, 0) is 0 Å². The first-order valence-electron chi connectivity index (χ1n) is 7.34. The second kappa shape index (κ2) is 7.61. The summed E-state index contributed by atoms with van der Waals surface area (Å²) in [5.74, 6) is 0.475. The molecule has 0 amide bonds. The highest BCUT2D eigenvalue weighted by atomic mass is 79.9. The van der Waals surface area contributed by atoms with Crippen LogP contribution in [-0.4, -0.2) is 23.2 Å². The first kappa shape index (κ1) is 16.0. The summed E-state index contributed by atoms with van der Waals surface area (Å²) in [6.07, 6.45) is 4.84. The zero-order chi connectivity index (χ0) is 15.2. The summed E-state index contributed by atoms with van der Waals surface area (Å²) in [4.78, 5) is 4.47. The molecule has 0 spiro atoms. The molecule has 5 heteroatoms. The van der Waals surface area contributed by atoms with Crippen molar-refractivity contribution in [3.05, 3.63) is 28.9 Å². The molecule has 1 atom stereocenters. The molecule has 1 heterocycles. The van der Waals surface area contributed by atoms with Crippen molar-refractivity contribution >= 4 is 38.2 Å². The summed E-state index contributed by atoms with van der Waals surface area (Å²) in [5.41, 5.74) is 8.63. The van der Waals surface area contributed by atoms with Gasteiger partial charge >= 0.3 is 0 Å². The number of pyridine rings is 1. The molecule has 2 aromatic rings. The van der Waals surface area contributed by atoms with E-state index in [-0.39, 0.29) is 6.61 Å². The van der Waals surface area contributed by atoms with Gasteiger partial charge in [0.25, 0.3) is 0 Å². The molecule has 0 saturated heterocycles. The molecule has 1 unspecified atom stereocenters. The Morgan fingerprint density at radius 3 is 2.90 bits per heavy atom. The zero-order valence-electron chi connectivity index (χ0n) is 12.3. The molecule has 2 rings (SSSR count). The summed E-state index contributed by atoms with van der Waals surface area (Å²) >= 11 is 3.43. The summed E-state index contributed by atoms with van der Waals surface area (Å²) in [7, 11) is 0. The van der Waals surface area contributed by atoms with E-state index in [0.29, 0.717) is 5.92 Å². The maximum atomic E-state index is 9.14. The molecule has 1 aromatic carbocycles. The van der Waals surface area contributed by atoms with Crippen molar-refractivity contribution < 1.29 is 5.11 Å². The highest BCUT2D eigenvalue weighted by Crippen LogP contribution is 2.29. The lowest BCUT2D eigenvalue weighted by Gasteiger charge is -2.17. The Morgan fingerprint density at radius 2 is 2.19 bits per heavy atom. The SMILES string of the molecule is CCCC(CCO)CNc1ccc(N)c2cc(Br)cnc12. The fraction of sp³-hybridized carbons (Fsp3) is 0.438. The summed E-state index contributed by atoms with van der Waals surface area (Å²) in [6, 6.07) is 5.86. The second-order valence-corrected chi connectivity index (χ2v) is 6.22. The Bertz CT molecular complexity index is 597. The number of halogens is 1. The molecule has 0 saturated carbocycles. The van der Waals surface area contributed by atoms with Crippen LogP contribution in [0.25, 0.3) is 10.9 Å². The monoisotopic (exact) mass is 351 g/mol. The van der Waals surface area contributed by atoms with E-state index in [1.807, 2.05) is 18.2 Å². The fourth-order valence-electron chi connectivity index (χ4n) is 2.55. The van der Waals surface area contributed by atoms with Crippen molar-refractivity contribution in [3.8, 4) is 0 Å². The number of nitrogens with zero attached hydrogens (tertiary/aromatic N) is 1. The minimum Gasteiger partial charge on any atom is -0.398 e. The molecule has 1 aromatic heterocycles. The lowest BCUT2D eigenvalue weighted by Crippen LogP contribution is -2.16. The van der Waals surface area contributed by atoms with Crippen LogP contribution < -0.4 is 11.1 Å². The summed E-state index contributed by atoms with van der Waals surface area (Å²) in [5, 5.41) is 13.5. The van der Waals surface area contributed by atoms with Gasteiger partial charge < -0.3 is 16.2 Å². The quantitative estimate of drug-likeness (QED) is 0.663. The third-order valence-electron chi connectivity index (χ3n) is 3.67. The highest BCUT2D eigenvalue weighted by molar-refractivity contribution is 9.10. The van der Waals surface area contributed by atoms with Gasteiger partial charge in [-0.2, -0.15) is 0 Å². The number of fused-ring (bicyclic) bond motifs is 1. The van der Waals surface area contributed by atoms with Gasteiger partial charge in [-0.1, -0.05) is 13.3 Å². The van der Waals surface area contributed by atoms with Gasteiger partial charge in [0.1, 0.15) is 0 Å². The smallest absolute Gasteiger partial charge is 0.0954 e. The average Bonchev–Trinajstić information content (AvgIpc) is 2.47. The molecular weight excluding hydrogens is 330 g/mol. The topological polar surface area (TPSA) is 71.2 Å². The maximum Gasteiger partial charge on any atom is 0.0954 e. The van der Waals surface area contributed by atoms with Crippen molar-refractivity contribution in [3.63, 3.8) is 0 Å². The van der Waals surface area contributed by atoms with Crippen LogP contribution in [0.1, 0.15) is 26.2 Å². The van der Waals surface area contributed by atoms with Crippen LogP contribution in [0.15, 0.2) is 28.9 Å². The largest absolute Gasteiger partial charge is 0.398 e. The van der Waals surface area contributed by atoms with Crippen molar-refractivity contribution in [1.29, 1.82) is 0 Å². The Hall–Kier alpha value is -1.33. The fourth-order valence-corrected chi connectivity index (χ4v) is 2.88. The number of nitrogen functional groups attached to an aromatic ring is 1. The second-order valence-electron chi connectivity index (χ2n) is 5.30. The number of anilines is 2. The van der Waals surface area contributed by atoms with Gasteiger partial charge in [-0.3, -0.25) is 4.98 Å². The Kier molecular flexibility index (Phi) is 5.82. The molecule has 0 aliphatic carbocycles. The molecule has 4 N–H and O–H groups in total. The number of nitrogens with one attached hydrogen (secondary N) is 1. The van der Waals surface area contributed by atoms with Gasteiger partial charge in [0.15, 0.2) is 0 Å². The van der Waals surface area contributed by atoms with E-state index in [0.717, 1.165) is 52.6 Å². The number of aromatic nitrogens is 1. The number of aliphatic hydroxyl groups excluding tert-OH is 1. The van der Waals surface area contributed by atoms with Gasteiger partial charge in [-0.15, -0.1) is 0 Å². The van der Waals surface area contributed by atoms with Crippen LogP contribution >= 0.6 is 15.9 Å². The molecule has 21 heavy (non-hydrogen) atoms. The van der Waals surface area contributed by atoms with E-state index in [9.17, 15) is 0 Å². The number of hydrogen-bond acceptors (Lipinski definition) is 4. The molecule has 4 nitrogen and oxygen atoms in total. The van der Waals surface area contributed by atoms with Crippen LogP contribution in [0.5, 0.6) is 0 Å². The molecule has 0 aliphatic rings. The number of rotatable bonds is 7. The molecule has 0 radical (unpaired) electrons. The van der Waals surface area contributed by atoms with E-state index in [2.05, 4.69) is 33.2 Å². The van der Waals surface area contributed by atoms with Gasteiger partial charge in [0.2, 0.25) is 0 Å². The van der Waals surface area contributed by atoms with Crippen LogP contribution in [0.2, 0.25) is 0 Å². The third-order valence-corrected chi connectivity index (χ3v) is 4.10. The Balaban J connectivity index is 2.20. The summed E-state index contributed by atoms with van der Waals surface area (Å²) in [6.45, 7) is 3.24. The number of aliphatic hydroxyl groups is 1. The van der Waals surface area contributed by atoms with Gasteiger partial charge in [0, 0.05) is 34.9 Å². The Labute approximate surface area is 133 Å². The first-order chi connectivity index (χ1) is 10.2. The minimum absolute atomic E-state index is 0.236. The minimum atomic E-state index is 0.236. The van der Waals surface area contributed by atoms with E-state index < -0.39 is 0 Å². The van der Waals surface area contributed by atoms with E-state index in [1.54, 1.807) is 6.20 Å². The number of nitrogens with two attached hydrogens (primary N) is 1. The van der Waals surface area contributed by atoms with Crippen LogP contribution in [0.4, 0.5) is 11.4 Å². The predicted molar refractivity (Wildman–Crippen MR) is 92.4 cm³/mol. The van der Waals surface area contributed by atoms with Gasteiger partial charge in [-0.05, 0) is 52.9 Å². The van der Waals surface area contributed by atoms with Crippen molar-refractivity contribution in [2.45, 2.75) is 26.2 Å². The number of benzene rings is 1. The third kappa shape index (κ3) is 4.08. The van der Waals surface area contributed by atoms with Gasteiger partial charge in [0.05, 0.1) is 11.2 Å². The highest BCUT2D eigenvalue weighted by Gasteiger charge is 2.10. The zero-order valence-corrected chi connectivity index (χ0v) is 13.9. The predicted octanol–water partition coefficient (Wildman–Crippen LogP) is 3.79. The van der Waals surface area contributed by atoms with Crippen molar-refractivity contribution in [2.24, 2.45) is 5.92 Å². The van der Waals surface area contributed by atoms with E-state index >= 15 is 0 Å². The molecule has 114 valence electrons. The lowest BCUT2D eigenvalue weighted by atomic mass is 10.00. The maximum absolute atomic E-state index is 9.14. The molecular formula is C16H22BrN3O. The molecule has 0 aliphatic heterocycles. The first-order valence-corrected chi connectivity index (χ1v) is 8.13. The standard InChI is InChI=1S/C16H22BrN3O/c1-2-3-11(6-7-21)9-19-15-5-4-14(18)13-8-12(17)10-20-16(13)15/h4-5,8,10-11,19,21H,2-3,6-7,9,18H2,1H3. The summed E-state index contributed by atoms with van der Waals surface area (Å²) < 4.78 is 0.919.